The smallest absolute Gasteiger partial charge is 0.303 e. The first-order valence-electron chi connectivity index (χ1n) is 11.1. The molecule has 2 aromatic carbocycles. The average Bonchev–Trinajstić information content (AvgIpc) is 2.83. The Bertz CT molecular complexity index is 1050. The molecule has 9 heteroatoms. The lowest BCUT2D eigenvalue weighted by molar-refractivity contribution is -0.137. The Hall–Kier alpha value is -1.36. The van der Waals surface area contributed by atoms with Gasteiger partial charge in [0.2, 0.25) is 0 Å². The van der Waals surface area contributed by atoms with Crippen molar-refractivity contribution < 1.29 is 18.3 Å². The molecule has 2 aromatic rings. The Balaban J connectivity index is 0.00000385. The first kappa shape index (κ1) is 27.9. The van der Waals surface area contributed by atoms with Crippen molar-refractivity contribution in [3.05, 3.63) is 57.2 Å². The van der Waals surface area contributed by atoms with Gasteiger partial charge in [-0.05, 0) is 71.3 Å². The van der Waals surface area contributed by atoms with Gasteiger partial charge in [0.1, 0.15) is 0 Å². The van der Waals surface area contributed by atoms with E-state index in [0.717, 1.165) is 66.2 Å². The van der Waals surface area contributed by atoms with Crippen molar-refractivity contribution >= 4 is 56.7 Å². The third-order valence-electron chi connectivity index (χ3n) is 5.93. The van der Waals surface area contributed by atoms with Gasteiger partial charge in [-0.1, -0.05) is 56.4 Å². The van der Waals surface area contributed by atoms with Crippen molar-refractivity contribution in [3.63, 3.8) is 0 Å². The summed E-state index contributed by atoms with van der Waals surface area (Å²) in [6.45, 7) is 0.799. The summed E-state index contributed by atoms with van der Waals surface area (Å²) in [5.74, 6) is -0.716. The molecule has 0 amide bonds. The lowest BCUT2D eigenvalue weighted by Gasteiger charge is -2.22. The number of rotatable bonds is 11. The van der Waals surface area contributed by atoms with E-state index in [1.54, 1.807) is 13.1 Å². The van der Waals surface area contributed by atoms with Gasteiger partial charge in [-0.3, -0.25) is 9.10 Å². The topological polar surface area (TPSA) is 86.7 Å². The molecule has 6 nitrogen and oxygen atoms in total. The highest BCUT2D eigenvalue weighted by atomic mass is 127. The molecule has 0 saturated heterocycles. The van der Waals surface area contributed by atoms with E-state index in [2.05, 4.69) is 27.9 Å². The molecule has 1 aliphatic rings. The summed E-state index contributed by atoms with van der Waals surface area (Å²) >= 11 is 2.16. The predicted octanol–water partition coefficient (Wildman–Crippen LogP) is 5.74. The average molecular weight is 607 g/mol. The molecule has 1 heterocycles. The number of hydrogen-bond donors (Lipinski definition) is 2. The van der Waals surface area contributed by atoms with Gasteiger partial charge in [-0.25, -0.2) is 8.42 Å². The van der Waals surface area contributed by atoms with Gasteiger partial charge in [0.05, 0.1) is 16.6 Å². The quantitative estimate of drug-likeness (QED) is 0.252. The number of nitrogens with zero attached hydrogens (tertiary/aromatic N) is 1. The number of anilines is 1. The van der Waals surface area contributed by atoms with Crippen LogP contribution in [0, 0.1) is 3.57 Å². The van der Waals surface area contributed by atoms with Crippen molar-refractivity contribution in [3.8, 4) is 0 Å². The number of hydrogen-bond acceptors (Lipinski definition) is 4. The highest BCUT2D eigenvalue weighted by Crippen LogP contribution is 2.40. The van der Waals surface area contributed by atoms with Crippen molar-refractivity contribution in [2.24, 2.45) is 0 Å². The number of unbranched alkanes of at least 4 members (excludes halogenated alkanes) is 6. The van der Waals surface area contributed by atoms with Gasteiger partial charge in [0, 0.05) is 17.0 Å². The second-order valence-corrected chi connectivity index (χ2v) is 11.4. The highest BCUT2D eigenvalue weighted by Gasteiger charge is 2.34. The summed E-state index contributed by atoms with van der Waals surface area (Å²) in [5.41, 5.74) is 2.47. The van der Waals surface area contributed by atoms with Crippen LogP contribution in [0.2, 0.25) is 0 Å². The Kier molecular flexibility index (Phi) is 10.9. The zero-order valence-electron chi connectivity index (χ0n) is 18.8. The maximum atomic E-state index is 13.3. The van der Waals surface area contributed by atoms with E-state index in [1.165, 1.54) is 4.31 Å². The molecule has 0 spiro atoms. The number of carboxylic acid groups (broad SMARTS) is 1. The predicted molar refractivity (Wildman–Crippen MR) is 143 cm³/mol. The number of benzene rings is 2. The number of aliphatic carboxylic acids is 1. The molecule has 33 heavy (non-hydrogen) atoms. The lowest BCUT2D eigenvalue weighted by atomic mass is 9.96. The molecule has 0 bridgehead atoms. The van der Waals surface area contributed by atoms with Crippen LogP contribution in [-0.4, -0.2) is 33.1 Å². The highest BCUT2D eigenvalue weighted by molar-refractivity contribution is 14.1. The Labute approximate surface area is 216 Å². The molecule has 0 saturated carbocycles. The summed E-state index contributed by atoms with van der Waals surface area (Å²) < 4.78 is 28.9. The van der Waals surface area contributed by atoms with E-state index in [1.807, 2.05) is 36.4 Å². The molecule has 3 rings (SSSR count). The third kappa shape index (κ3) is 7.07. The van der Waals surface area contributed by atoms with E-state index < -0.39 is 16.0 Å². The van der Waals surface area contributed by atoms with Crippen LogP contribution in [0.25, 0.3) is 0 Å². The van der Waals surface area contributed by atoms with Crippen LogP contribution in [0.15, 0.2) is 47.4 Å². The van der Waals surface area contributed by atoms with Gasteiger partial charge in [-0.2, -0.15) is 0 Å². The minimum absolute atomic E-state index is 0. The van der Waals surface area contributed by atoms with E-state index in [4.69, 9.17) is 5.11 Å². The molecule has 0 aliphatic carbocycles. The van der Waals surface area contributed by atoms with E-state index in [0.29, 0.717) is 10.6 Å². The Morgan fingerprint density at radius 2 is 1.64 bits per heavy atom. The number of para-hydroxylation sites is 1. The number of fused-ring (bicyclic) bond motifs is 2. The zero-order chi connectivity index (χ0) is 23.1. The molecular formula is C24H32ClIN2O4S. The molecule has 1 aliphatic heterocycles. The van der Waals surface area contributed by atoms with Crippen molar-refractivity contribution in [2.45, 2.75) is 62.3 Å². The maximum Gasteiger partial charge on any atom is 0.303 e. The van der Waals surface area contributed by atoms with E-state index in [9.17, 15) is 13.2 Å². The van der Waals surface area contributed by atoms with Gasteiger partial charge >= 0.3 is 5.97 Å². The molecule has 0 fully saturated rings. The lowest BCUT2D eigenvalue weighted by Crippen LogP contribution is -2.26. The van der Waals surface area contributed by atoms with Crippen LogP contribution in [0.3, 0.4) is 0 Å². The summed E-state index contributed by atoms with van der Waals surface area (Å²) in [5, 5.41) is 12.3. The van der Waals surface area contributed by atoms with Gasteiger partial charge in [-0.15, -0.1) is 12.4 Å². The molecule has 2 N–H and O–H groups in total. The van der Waals surface area contributed by atoms with Crippen LogP contribution < -0.4 is 9.62 Å². The number of nitrogens with one attached hydrogen (secondary N) is 1. The van der Waals surface area contributed by atoms with Crippen molar-refractivity contribution in [1.82, 2.24) is 5.32 Å². The monoisotopic (exact) mass is 606 g/mol. The molecule has 0 aromatic heterocycles. The van der Waals surface area contributed by atoms with E-state index >= 15 is 0 Å². The van der Waals surface area contributed by atoms with Gasteiger partial charge in [0.15, 0.2) is 0 Å². The normalized spacial score (nSPS) is 16.3. The van der Waals surface area contributed by atoms with Crippen LogP contribution >= 0.6 is 35.0 Å². The summed E-state index contributed by atoms with van der Waals surface area (Å²) in [7, 11) is -2.01. The largest absolute Gasteiger partial charge is 0.481 e. The second-order valence-electron chi connectivity index (χ2n) is 8.22. The first-order chi connectivity index (χ1) is 15.3. The SMILES string of the molecule is CN1c2ccccc2C(NCCCCCCCCCC(=O)O)c2ccc(I)cc2S1(=O)=O.Cl. The van der Waals surface area contributed by atoms with Crippen LogP contribution in [0.4, 0.5) is 5.69 Å². The van der Waals surface area contributed by atoms with Crippen LogP contribution in [-0.2, 0) is 14.8 Å². The minimum atomic E-state index is -3.63. The fraction of sp³-hybridized carbons (Fsp3) is 0.458. The standard InChI is InChI=1S/C24H31IN2O4S.ClH/c1-27-21-12-9-8-11-19(21)24(20-15-14-18(25)17-22(20)32(27,30)31)26-16-10-6-4-2-3-5-7-13-23(28)29;/h8-9,11-12,14-15,17,24,26H,2-7,10,13,16H2,1H3,(H,28,29);1H. The summed E-state index contributed by atoms with van der Waals surface area (Å²) in [6, 6.07) is 13.2. The van der Waals surface area contributed by atoms with Gasteiger partial charge in [0.25, 0.3) is 10.0 Å². The number of carbonyl (C=O) groups is 1. The fourth-order valence-corrected chi connectivity index (χ4v) is 6.37. The zero-order valence-corrected chi connectivity index (χ0v) is 22.6. The van der Waals surface area contributed by atoms with Crippen molar-refractivity contribution in [1.29, 1.82) is 0 Å². The summed E-state index contributed by atoms with van der Waals surface area (Å²) in [4.78, 5) is 10.9. The third-order valence-corrected chi connectivity index (χ3v) is 8.43. The van der Waals surface area contributed by atoms with E-state index in [-0.39, 0.29) is 24.9 Å². The van der Waals surface area contributed by atoms with Gasteiger partial charge < -0.3 is 10.4 Å². The molecular weight excluding hydrogens is 575 g/mol. The Morgan fingerprint density at radius 1 is 1.00 bits per heavy atom. The second kappa shape index (κ2) is 12.9. The number of sulfonamides is 1. The number of halogens is 2. The van der Waals surface area contributed by atoms with Crippen LogP contribution in [0.1, 0.15) is 68.5 Å². The Morgan fingerprint density at radius 3 is 2.33 bits per heavy atom. The molecule has 1 unspecified atom stereocenters. The first-order valence-corrected chi connectivity index (χ1v) is 13.7. The molecule has 0 radical (unpaired) electrons. The van der Waals surface area contributed by atoms with Crippen LogP contribution in [0.5, 0.6) is 0 Å². The van der Waals surface area contributed by atoms with Crippen molar-refractivity contribution in [2.75, 3.05) is 17.9 Å². The maximum absolute atomic E-state index is 13.3. The molecule has 1 atom stereocenters. The summed E-state index contributed by atoms with van der Waals surface area (Å²) in [6.07, 6.45) is 7.42. The minimum Gasteiger partial charge on any atom is -0.481 e. The fourth-order valence-electron chi connectivity index (χ4n) is 4.18. The number of carboxylic acids is 1. The molecule has 182 valence electrons.